The molecule has 0 fully saturated rings. The number of carboxylic acids is 1. The summed E-state index contributed by atoms with van der Waals surface area (Å²) in [5.74, 6) is -1.16. The van der Waals surface area contributed by atoms with Crippen molar-refractivity contribution in [3.8, 4) is 0 Å². The van der Waals surface area contributed by atoms with Crippen molar-refractivity contribution in [2.45, 2.75) is 0 Å². The maximum absolute atomic E-state index is 10.5. The fourth-order valence-electron chi connectivity index (χ4n) is 0.611. The molecule has 0 bridgehead atoms. The standard InChI is InChI=1S/C6H4ClNO3/c7-4-1-5(9)8-2-3(4)6(10)11/h1-2H,(H,8,9)(H,10,11). The molecule has 5 heteroatoms. The topological polar surface area (TPSA) is 70.2 Å². The van der Waals surface area contributed by atoms with Crippen LogP contribution in [0.25, 0.3) is 0 Å². The number of halogens is 1. The molecule has 58 valence electrons. The Morgan fingerprint density at radius 3 is 2.73 bits per heavy atom. The van der Waals surface area contributed by atoms with Gasteiger partial charge in [-0.05, 0) is 0 Å². The quantitative estimate of drug-likeness (QED) is 0.658. The Morgan fingerprint density at radius 1 is 1.64 bits per heavy atom. The molecule has 11 heavy (non-hydrogen) atoms. The van der Waals surface area contributed by atoms with Crippen molar-refractivity contribution < 1.29 is 9.90 Å². The molecule has 0 amide bonds. The number of hydrogen-bond acceptors (Lipinski definition) is 2. The number of carboxylic acid groups (broad SMARTS) is 1. The van der Waals surface area contributed by atoms with Gasteiger partial charge in [-0.1, -0.05) is 11.6 Å². The molecule has 1 aromatic rings. The first kappa shape index (κ1) is 7.81. The van der Waals surface area contributed by atoms with Crippen molar-refractivity contribution in [2.75, 3.05) is 0 Å². The van der Waals surface area contributed by atoms with Crippen LogP contribution in [0.15, 0.2) is 17.1 Å². The Balaban J connectivity index is 3.31. The molecule has 4 nitrogen and oxygen atoms in total. The Morgan fingerprint density at radius 2 is 2.27 bits per heavy atom. The zero-order chi connectivity index (χ0) is 8.43. The molecular formula is C6H4ClNO3. The van der Waals surface area contributed by atoms with E-state index in [4.69, 9.17) is 16.7 Å². The van der Waals surface area contributed by atoms with E-state index in [-0.39, 0.29) is 10.6 Å². The van der Waals surface area contributed by atoms with Crippen LogP contribution in [-0.4, -0.2) is 16.1 Å². The normalized spacial score (nSPS) is 9.55. The highest BCUT2D eigenvalue weighted by atomic mass is 35.5. The maximum atomic E-state index is 10.5. The van der Waals surface area contributed by atoms with Gasteiger partial charge >= 0.3 is 5.97 Å². The summed E-state index contributed by atoms with van der Waals surface area (Å²) in [5.41, 5.74) is -0.522. The van der Waals surface area contributed by atoms with Crippen LogP contribution < -0.4 is 5.56 Å². The van der Waals surface area contributed by atoms with Crippen molar-refractivity contribution in [1.82, 2.24) is 4.98 Å². The number of pyridine rings is 1. The summed E-state index contributed by atoms with van der Waals surface area (Å²) >= 11 is 5.42. The van der Waals surface area contributed by atoms with Crippen molar-refractivity contribution in [3.63, 3.8) is 0 Å². The van der Waals surface area contributed by atoms with E-state index >= 15 is 0 Å². The number of rotatable bonds is 1. The second kappa shape index (κ2) is 2.75. The molecule has 2 N–H and O–H groups in total. The van der Waals surface area contributed by atoms with Gasteiger partial charge in [0.15, 0.2) is 0 Å². The van der Waals surface area contributed by atoms with E-state index in [2.05, 4.69) is 4.98 Å². The minimum atomic E-state index is -1.16. The third-order valence-electron chi connectivity index (χ3n) is 1.10. The summed E-state index contributed by atoms with van der Waals surface area (Å²) in [4.78, 5) is 23.1. The molecule has 0 aliphatic rings. The van der Waals surface area contributed by atoms with Crippen molar-refractivity contribution in [3.05, 3.63) is 33.2 Å². The van der Waals surface area contributed by atoms with Gasteiger partial charge in [-0.25, -0.2) is 4.79 Å². The number of H-pyrrole nitrogens is 1. The van der Waals surface area contributed by atoms with E-state index in [0.717, 1.165) is 12.3 Å². The maximum Gasteiger partial charge on any atom is 0.338 e. The van der Waals surface area contributed by atoms with Crippen molar-refractivity contribution in [1.29, 1.82) is 0 Å². The molecule has 0 aliphatic carbocycles. The molecule has 0 unspecified atom stereocenters. The summed E-state index contributed by atoms with van der Waals surface area (Å²) in [6, 6.07) is 1.02. The number of aromatic amines is 1. The third-order valence-corrected chi connectivity index (χ3v) is 1.42. The van der Waals surface area contributed by atoms with Gasteiger partial charge in [0.1, 0.15) is 0 Å². The van der Waals surface area contributed by atoms with Gasteiger partial charge in [0, 0.05) is 12.3 Å². The molecule has 0 atom stereocenters. The van der Waals surface area contributed by atoms with Crippen LogP contribution in [0.5, 0.6) is 0 Å². The first-order chi connectivity index (χ1) is 5.11. The van der Waals surface area contributed by atoms with Crippen LogP contribution in [0.3, 0.4) is 0 Å². The fraction of sp³-hybridized carbons (Fsp3) is 0. The average molecular weight is 174 g/mol. The molecule has 0 radical (unpaired) electrons. The summed E-state index contributed by atoms with van der Waals surface area (Å²) in [6.07, 6.45) is 1.06. The molecule has 0 aromatic carbocycles. The van der Waals surface area contributed by atoms with Crippen molar-refractivity contribution in [2.24, 2.45) is 0 Å². The zero-order valence-corrected chi connectivity index (χ0v) is 6.05. The summed E-state index contributed by atoms with van der Waals surface area (Å²) in [7, 11) is 0. The molecule has 1 rings (SSSR count). The van der Waals surface area contributed by atoms with Gasteiger partial charge in [0.05, 0.1) is 10.6 Å². The second-order valence-electron chi connectivity index (χ2n) is 1.86. The summed E-state index contributed by atoms with van der Waals surface area (Å²) in [6.45, 7) is 0. The van der Waals surface area contributed by atoms with Crippen molar-refractivity contribution >= 4 is 17.6 Å². The predicted octanol–water partition coefficient (Wildman–Crippen LogP) is 0.726. The molecule has 0 aliphatic heterocycles. The number of carbonyl (C=O) groups is 1. The van der Waals surface area contributed by atoms with E-state index in [1.807, 2.05) is 0 Å². The Labute approximate surface area is 66.4 Å². The molecule has 0 saturated carbocycles. The van der Waals surface area contributed by atoms with E-state index in [1.54, 1.807) is 0 Å². The highest BCUT2D eigenvalue weighted by Crippen LogP contribution is 2.10. The minimum Gasteiger partial charge on any atom is -0.478 e. The molecule has 1 heterocycles. The monoisotopic (exact) mass is 173 g/mol. The first-order valence-corrected chi connectivity index (χ1v) is 3.10. The van der Waals surface area contributed by atoms with Crippen LogP contribution >= 0.6 is 11.6 Å². The Kier molecular flexibility index (Phi) is 1.96. The molecule has 0 saturated heterocycles. The number of aromatic carboxylic acids is 1. The van der Waals surface area contributed by atoms with Crippen LogP contribution in [0.2, 0.25) is 5.02 Å². The molecule has 1 aromatic heterocycles. The average Bonchev–Trinajstić information content (AvgIpc) is 1.85. The zero-order valence-electron chi connectivity index (χ0n) is 5.30. The highest BCUT2D eigenvalue weighted by Gasteiger charge is 2.07. The van der Waals surface area contributed by atoms with Gasteiger partial charge < -0.3 is 10.1 Å². The Hall–Kier alpha value is -1.29. The summed E-state index contributed by atoms with van der Waals surface area (Å²) in [5, 5.41) is 8.40. The van der Waals surface area contributed by atoms with E-state index in [9.17, 15) is 9.59 Å². The number of hydrogen-bond donors (Lipinski definition) is 2. The van der Waals surface area contributed by atoms with Gasteiger partial charge in [0.2, 0.25) is 5.56 Å². The van der Waals surface area contributed by atoms with Crippen LogP contribution in [0, 0.1) is 0 Å². The number of aromatic nitrogens is 1. The minimum absolute atomic E-state index is 0.0544. The van der Waals surface area contributed by atoms with E-state index < -0.39 is 11.5 Å². The lowest BCUT2D eigenvalue weighted by atomic mass is 10.3. The van der Waals surface area contributed by atoms with E-state index in [0.29, 0.717) is 0 Å². The Bertz CT molecular complexity index is 344. The molecular weight excluding hydrogens is 170 g/mol. The van der Waals surface area contributed by atoms with Crippen LogP contribution in [0.4, 0.5) is 0 Å². The SMILES string of the molecule is O=C(O)c1c[nH]c(=O)cc1Cl. The number of nitrogens with one attached hydrogen (secondary N) is 1. The molecule has 0 spiro atoms. The smallest absolute Gasteiger partial charge is 0.338 e. The first-order valence-electron chi connectivity index (χ1n) is 2.73. The van der Waals surface area contributed by atoms with E-state index in [1.165, 1.54) is 0 Å². The lowest BCUT2D eigenvalue weighted by Gasteiger charge is -1.94. The largest absolute Gasteiger partial charge is 0.478 e. The predicted molar refractivity (Wildman–Crippen MR) is 39.0 cm³/mol. The van der Waals surface area contributed by atoms with Crippen LogP contribution in [0.1, 0.15) is 10.4 Å². The van der Waals surface area contributed by atoms with Gasteiger partial charge in [-0.15, -0.1) is 0 Å². The van der Waals surface area contributed by atoms with Crippen LogP contribution in [-0.2, 0) is 0 Å². The second-order valence-corrected chi connectivity index (χ2v) is 2.27. The lowest BCUT2D eigenvalue weighted by molar-refractivity contribution is 0.0696. The lowest BCUT2D eigenvalue weighted by Crippen LogP contribution is -2.07. The van der Waals surface area contributed by atoms with Gasteiger partial charge in [0.25, 0.3) is 0 Å². The highest BCUT2D eigenvalue weighted by molar-refractivity contribution is 6.33. The third kappa shape index (κ3) is 1.59. The fourth-order valence-corrected chi connectivity index (χ4v) is 0.845. The van der Waals surface area contributed by atoms with Gasteiger partial charge in [-0.2, -0.15) is 0 Å². The summed E-state index contributed by atoms with van der Waals surface area (Å²) < 4.78 is 0. The van der Waals surface area contributed by atoms with Gasteiger partial charge in [-0.3, -0.25) is 4.79 Å².